The van der Waals surface area contributed by atoms with Gasteiger partial charge in [-0.15, -0.1) is 0 Å². The third-order valence-electron chi connectivity index (χ3n) is 4.93. The van der Waals surface area contributed by atoms with E-state index in [4.69, 9.17) is 16.3 Å². The minimum absolute atomic E-state index is 0.0780. The molecular formula is C18H25ClFNO2. The van der Waals surface area contributed by atoms with Crippen molar-refractivity contribution in [3.63, 3.8) is 0 Å². The molecule has 0 spiro atoms. The maximum absolute atomic E-state index is 12.7. The van der Waals surface area contributed by atoms with Gasteiger partial charge >= 0.3 is 5.97 Å². The molecule has 0 saturated heterocycles. The van der Waals surface area contributed by atoms with Crippen molar-refractivity contribution in [2.24, 2.45) is 5.92 Å². The van der Waals surface area contributed by atoms with E-state index in [0.29, 0.717) is 11.6 Å². The fraction of sp³-hybridized carbons (Fsp3) is 0.611. The van der Waals surface area contributed by atoms with Crippen molar-refractivity contribution in [3.8, 4) is 0 Å². The highest BCUT2D eigenvalue weighted by molar-refractivity contribution is 6.30. The van der Waals surface area contributed by atoms with Gasteiger partial charge in [-0.1, -0.05) is 30.2 Å². The van der Waals surface area contributed by atoms with E-state index in [9.17, 15) is 9.18 Å². The average Bonchev–Trinajstić information content (AvgIpc) is 2.78. The molecule has 1 unspecified atom stereocenters. The number of hydrogen-bond donors (Lipinski definition) is 0. The van der Waals surface area contributed by atoms with Gasteiger partial charge in [-0.2, -0.15) is 0 Å². The summed E-state index contributed by atoms with van der Waals surface area (Å²) >= 11 is 5.99. The molecule has 2 rings (SSSR count). The molecule has 1 aliphatic rings. The highest BCUT2D eigenvalue weighted by atomic mass is 35.5. The summed E-state index contributed by atoms with van der Waals surface area (Å²) in [7, 11) is 3.40. The molecule has 23 heavy (non-hydrogen) atoms. The molecule has 0 heterocycles. The Morgan fingerprint density at radius 1 is 1.35 bits per heavy atom. The zero-order chi connectivity index (χ0) is 16.8. The molecule has 1 saturated carbocycles. The Morgan fingerprint density at radius 3 is 2.65 bits per heavy atom. The molecule has 5 heteroatoms. The van der Waals surface area contributed by atoms with Crippen LogP contribution < -0.4 is 0 Å². The molecule has 128 valence electrons. The molecule has 1 aromatic rings. The minimum atomic E-state index is -0.348. The van der Waals surface area contributed by atoms with Crippen LogP contribution in [0.4, 0.5) is 4.39 Å². The molecule has 1 fully saturated rings. The highest BCUT2D eigenvalue weighted by Gasteiger charge is 2.35. The number of methoxy groups -OCH3 is 1. The zero-order valence-corrected chi connectivity index (χ0v) is 14.6. The van der Waals surface area contributed by atoms with E-state index in [2.05, 4.69) is 4.90 Å². The van der Waals surface area contributed by atoms with Crippen molar-refractivity contribution in [1.29, 1.82) is 0 Å². The minimum Gasteiger partial charge on any atom is -0.469 e. The third-order valence-corrected chi connectivity index (χ3v) is 5.18. The molecular weight excluding hydrogens is 317 g/mol. The molecule has 1 aromatic carbocycles. The topological polar surface area (TPSA) is 29.5 Å². The lowest BCUT2D eigenvalue weighted by Gasteiger charge is -2.30. The van der Waals surface area contributed by atoms with Crippen LogP contribution in [0.15, 0.2) is 24.3 Å². The summed E-state index contributed by atoms with van der Waals surface area (Å²) in [6.07, 6.45) is 3.57. The molecule has 0 N–H and O–H groups in total. The lowest BCUT2D eigenvalue weighted by atomic mass is 9.81. The van der Waals surface area contributed by atoms with Gasteiger partial charge in [-0.05, 0) is 49.9 Å². The monoisotopic (exact) mass is 341 g/mol. The molecule has 3 atom stereocenters. The van der Waals surface area contributed by atoms with Crippen LogP contribution in [0.3, 0.4) is 0 Å². The Balaban J connectivity index is 2.27. The number of ether oxygens (including phenoxy) is 1. The van der Waals surface area contributed by atoms with Gasteiger partial charge in [-0.25, -0.2) is 4.39 Å². The Bertz CT molecular complexity index is 508. The molecule has 0 radical (unpaired) electrons. The van der Waals surface area contributed by atoms with Crippen molar-refractivity contribution < 1.29 is 13.9 Å². The van der Waals surface area contributed by atoms with Gasteiger partial charge in [0.1, 0.15) is 6.67 Å². The van der Waals surface area contributed by atoms with Crippen LogP contribution in [-0.4, -0.2) is 44.3 Å². The number of rotatable bonds is 5. The first-order valence-corrected chi connectivity index (χ1v) is 8.54. The Hall–Kier alpha value is -1.13. The van der Waals surface area contributed by atoms with Crippen molar-refractivity contribution in [1.82, 2.24) is 4.90 Å². The summed E-state index contributed by atoms with van der Waals surface area (Å²) < 4.78 is 17.7. The molecule has 3 nitrogen and oxygen atoms in total. The Labute approximate surface area is 142 Å². The van der Waals surface area contributed by atoms with E-state index in [0.717, 1.165) is 31.2 Å². The van der Waals surface area contributed by atoms with Crippen LogP contribution in [0.5, 0.6) is 0 Å². The fourth-order valence-electron chi connectivity index (χ4n) is 3.58. The maximum Gasteiger partial charge on any atom is 0.309 e. The summed E-state index contributed by atoms with van der Waals surface area (Å²) in [4.78, 5) is 14.3. The Kier molecular flexibility index (Phi) is 6.85. The van der Waals surface area contributed by atoms with Gasteiger partial charge < -0.3 is 9.64 Å². The van der Waals surface area contributed by atoms with Crippen molar-refractivity contribution >= 4 is 17.6 Å². The molecule has 0 bridgehead atoms. The number of carbonyl (C=O) groups excluding carboxylic acids is 1. The number of nitrogens with zero attached hydrogens (tertiary/aromatic N) is 1. The summed E-state index contributed by atoms with van der Waals surface area (Å²) in [5.41, 5.74) is 1.10. The van der Waals surface area contributed by atoms with Crippen molar-refractivity contribution in [2.45, 2.75) is 37.6 Å². The van der Waals surface area contributed by atoms with Crippen LogP contribution in [0.1, 0.15) is 37.2 Å². The van der Waals surface area contributed by atoms with Gasteiger partial charge in [0.05, 0.1) is 13.0 Å². The predicted molar refractivity (Wildman–Crippen MR) is 90.6 cm³/mol. The summed E-state index contributed by atoms with van der Waals surface area (Å²) in [6.45, 7) is 0.0833. The number of hydrogen-bond acceptors (Lipinski definition) is 3. The SMILES string of the molecule is COC(=O)[C@@H]1CCCC(N(C)CCF)C[C@@H]1c1ccc(Cl)cc1. The van der Waals surface area contributed by atoms with Gasteiger partial charge in [0.2, 0.25) is 0 Å². The maximum atomic E-state index is 12.7. The van der Waals surface area contributed by atoms with Gasteiger partial charge in [0.15, 0.2) is 0 Å². The second-order valence-corrected chi connectivity index (χ2v) is 6.71. The van der Waals surface area contributed by atoms with E-state index in [1.807, 2.05) is 31.3 Å². The van der Waals surface area contributed by atoms with Gasteiger partial charge in [0, 0.05) is 17.6 Å². The standard InChI is InChI=1S/C18H25ClFNO2/c1-21(11-10-20)15-4-3-5-16(18(22)23-2)17(12-15)13-6-8-14(19)9-7-13/h6-9,15-17H,3-5,10-12H2,1-2H3/t15?,16-,17-/m1/s1. The average molecular weight is 342 g/mol. The molecule has 1 aliphatic carbocycles. The summed E-state index contributed by atoms with van der Waals surface area (Å²) in [6, 6.07) is 7.97. The van der Waals surface area contributed by atoms with E-state index >= 15 is 0 Å². The van der Waals surface area contributed by atoms with Crippen LogP contribution in [0, 0.1) is 5.92 Å². The zero-order valence-electron chi connectivity index (χ0n) is 13.8. The number of alkyl halides is 1. The smallest absolute Gasteiger partial charge is 0.309 e. The number of halogens is 2. The van der Waals surface area contributed by atoms with Crippen molar-refractivity contribution in [2.75, 3.05) is 27.4 Å². The lowest BCUT2D eigenvalue weighted by Crippen LogP contribution is -2.35. The van der Waals surface area contributed by atoms with Crippen molar-refractivity contribution in [3.05, 3.63) is 34.9 Å². The lowest BCUT2D eigenvalue weighted by molar-refractivity contribution is -0.146. The fourth-order valence-corrected chi connectivity index (χ4v) is 3.70. The van der Waals surface area contributed by atoms with Crippen LogP contribution >= 0.6 is 11.6 Å². The number of carbonyl (C=O) groups is 1. The van der Waals surface area contributed by atoms with Gasteiger partial charge in [-0.3, -0.25) is 4.79 Å². The first-order valence-electron chi connectivity index (χ1n) is 8.16. The predicted octanol–water partition coefficient (Wildman–Crippen LogP) is 4.06. The second-order valence-electron chi connectivity index (χ2n) is 6.28. The third kappa shape index (κ3) is 4.67. The van der Waals surface area contributed by atoms with E-state index < -0.39 is 0 Å². The number of benzene rings is 1. The largest absolute Gasteiger partial charge is 0.469 e. The Morgan fingerprint density at radius 2 is 2.04 bits per heavy atom. The number of esters is 1. The van der Waals surface area contributed by atoms with Gasteiger partial charge in [0.25, 0.3) is 0 Å². The molecule has 0 aromatic heterocycles. The second kappa shape index (κ2) is 8.65. The molecule has 0 aliphatic heterocycles. The summed E-state index contributed by atoms with van der Waals surface area (Å²) in [5, 5.41) is 0.683. The van der Waals surface area contributed by atoms with Crippen LogP contribution in [-0.2, 0) is 9.53 Å². The van der Waals surface area contributed by atoms with Crippen LogP contribution in [0.25, 0.3) is 0 Å². The first kappa shape index (κ1) is 18.2. The summed E-state index contributed by atoms with van der Waals surface area (Å²) in [5.74, 6) is -0.224. The normalized spacial score (nSPS) is 25.2. The first-order chi connectivity index (χ1) is 11.1. The van der Waals surface area contributed by atoms with Crippen LogP contribution in [0.2, 0.25) is 5.02 Å². The van der Waals surface area contributed by atoms with E-state index in [1.165, 1.54) is 7.11 Å². The van der Waals surface area contributed by atoms with E-state index in [-0.39, 0.29) is 30.5 Å². The quantitative estimate of drug-likeness (QED) is 0.597. The van der Waals surface area contributed by atoms with E-state index in [1.54, 1.807) is 0 Å². The highest BCUT2D eigenvalue weighted by Crippen LogP contribution is 2.39. The molecule has 0 amide bonds.